The molecule has 2 rings (SSSR count). The summed E-state index contributed by atoms with van der Waals surface area (Å²) in [6.07, 6.45) is 3.19. The lowest BCUT2D eigenvalue weighted by Gasteiger charge is -2.19. The van der Waals surface area contributed by atoms with Gasteiger partial charge in [-0.25, -0.2) is 4.79 Å². The van der Waals surface area contributed by atoms with Crippen molar-refractivity contribution < 1.29 is 4.79 Å². The number of nitrogens with one attached hydrogen (secondary N) is 2. The highest BCUT2D eigenvalue weighted by Gasteiger charge is 2.27. The van der Waals surface area contributed by atoms with Crippen LogP contribution in [-0.2, 0) is 0 Å². The van der Waals surface area contributed by atoms with Gasteiger partial charge in [0.1, 0.15) is 0 Å². The van der Waals surface area contributed by atoms with Gasteiger partial charge in [0.05, 0.1) is 11.6 Å². The summed E-state index contributed by atoms with van der Waals surface area (Å²) in [4.78, 5) is 11.9. The van der Waals surface area contributed by atoms with Gasteiger partial charge in [0.25, 0.3) is 0 Å². The largest absolute Gasteiger partial charge is 0.335 e. The Hall–Kier alpha value is -2.06. The summed E-state index contributed by atoms with van der Waals surface area (Å²) in [5, 5.41) is 14.4. The van der Waals surface area contributed by atoms with E-state index in [1.165, 1.54) is 0 Å². The van der Waals surface area contributed by atoms with Gasteiger partial charge in [-0.2, -0.15) is 5.26 Å². The Kier molecular flexibility index (Phi) is 4.37. The molecular weight excluding hydrogens is 240 g/mol. The molecule has 1 fully saturated rings. The second-order valence-corrected chi connectivity index (χ2v) is 4.82. The van der Waals surface area contributed by atoms with E-state index in [0.717, 1.165) is 19.3 Å². The monoisotopic (exact) mass is 258 g/mol. The number of urea groups is 1. The number of carbonyl (C=O) groups excluding carboxylic acids is 1. The summed E-state index contributed by atoms with van der Waals surface area (Å²) in [5.74, 6) is 0.381. The quantitative estimate of drug-likeness (QED) is 0.772. The van der Waals surface area contributed by atoms with E-state index in [9.17, 15) is 4.79 Å². The number of amides is 2. The maximum Gasteiger partial charge on any atom is 0.319 e. The highest BCUT2D eigenvalue weighted by atomic mass is 16.2. The van der Waals surface area contributed by atoms with Crippen LogP contribution in [0.4, 0.5) is 10.5 Å². The van der Waals surface area contributed by atoms with Crippen LogP contribution in [0.1, 0.15) is 24.8 Å². The van der Waals surface area contributed by atoms with Gasteiger partial charge in [-0.3, -0.25) is 0 Å². The molecule has 4 N–H and O–H groups in total. The summed E-state index contributed by atoms with van der Waals surface area (Å²) < 4.78 is 0. The fraction of sp³-hybridized carbons (Fsp3) is 0.429. The lowest BCUT2D eigenvalue weighted by Crippen LogP contribution is -2.42. The van der Waals surface area contributed by atoms with Gasteiger partial charge in [0, 0.05) is 11.7 Å². The first-order valence-electron chi connectivity index (χ1n) is 6.50. The molecule has 0 bridgehead atoms. The van der Waals surface area contributed by atoms with E-state index in [1.807, 2.05) is 6.07 Å². The first-order chi connectivity index (χ1) is 9.22. The number of nitriles is 1. The van der Waals surface area contributed by atoms with Crippen molar-refractivity contribution in [2.24, 2.45) is 11.7 Å². The molecule has 0 heterocycles. The van der Waals surface area contributed by atoms with Gasteiger partial charge in [0.15, 0.2) is 0 Å². The Balaban J connectivity index is 1.88. The number of rotatable bonds is 3. The molecule has 1 aromatic carbocycles. The molecular formula is C14H18N4O. The Bertz CT molecular complexity index is 477. The van der Waals surface area contributed by atoms with E-state index < -0.39 is 0 Å². The zero-order chi connectivity index (χ0) is 13.7. The van der Waals surface area contributed by atoms with Gasteiger partial charge in [-0.05, 0) is 49.6 Å². The fourth-order valence-electron chi connectivity index (χ4n) is 2.47. The van der Waals surface area contributed by atoms with Crippen molar-refractivity contribution >= 4 is 11.7 Å². The van der Waals surface area contributed by atoms with Crippen LogP contribution >= 0.6 is 0 Å². The molecule has 2 amide bonds. The predicted octanol–water partition coefficient (Wildman–Crippen LogP) is 1.81. The number of carbonyl (C=O) groups is 1. The highest BCUT2D eigenvalue weighted by molar-refractivity contribution is 5.89. The molecule has 2 atom stereocenters. The smallest absolute Gasteiger partial charge is 0.319 e. The molecule has 0 aromatic heterocycles. The van der Waals surface area contributed by atoms with Crippen LogP contribution in [0.2, 0.25) is 0 Å². The van der Waals surface area contributed by atoms with Crippen LogP contribution in [0.15, 0.2) is 24.3 Å². The molecule has 100 valence electrons. The minimum Gasteiger partial charge on any atom is -0.335 e. The molecule has 1 aromatic rings. The van der Waals surface area contributed by atoms with Gasteiger partial charge in [-0.15, -0.1) is 0 Å². The van der Waals surface area contributed by atoms with Crippen molar-refractivity contribution in [3.8, 4) is 6.07 Å². The minimum absolute atomic E-state index is 0.170. The van der Waals surface area contributed by atoms with Crippen molar-refractivity contribution in [1.29, 1.82) is 5.26 Å². The summed E-state index contributed by atoms with van der Waals surface area (Å²) in [6, 6.07) is 8.77. The number of hydrogen-bond donors (Lipinski definition) is 3. The Morgan fingerprint density at radius 3 is 2.74 bits per heavy atom. The van der Waals surface area contributed by atoms with E-state index in [0.29, 0.717) is 23.7 Å². The second-order valence-electron chi connectivity index (χ2n) is 4.82. The van der Waals surface area contributed by atoms with E-state index in [1.54, 1.807) is 24.3 Å². The number of nitrogens with two attached hydrogens (primary N) is 1. The third-order valence-corrected chi connectivity index (χ3v) is 3.55. The predicted molar refractivity (Wildman–Crippen MR) is 73.5 cm³/mol. The molecule has 1 aliphatic rings. The Morgan fingerprint density at radius 2 is 2.11 bits per heavy atom. The van der Waals surface area contributed by atoms with E-state index in [-0.39, 0.29) is 12.1 Å². The summed E-state index contributed by atoms with van der Waals surface area (Å²) in [7, 11) is 0. The van der Waals surface area contributed by atoms with E-state index in [2.05, 4.69) is 10.6 Å². The lowest BCUT2D eigenvalue weighted by molar-refractivity contribution is 0.245. The average molecular weight is 258 g/mol. The van der Waals surface area contributed by atoms with Crippen LogP contribution < -0.4 is 16.4 Å². The van der Waals surface area contributed by atoms with Crippen LogP contribution in [0.5, 0.6) is 0 Å². The van der Waals surface area contributed by atoms with Gasteiger partial charge >= 0.3 is 6.03 Å². The zero-order valence-corrected chi connectivity index (χ0v) is 10.7. The van der Waals surface area contributed by atoms with Gasteiger partial charge < -0.3 is 16.4 Å². The molecule has 0 saturated heterocycles. The molecule has 1 saturated carbocycles. The van der Waals surface area contributed by atoms with Crippen molar-refractivity contribution in [2.45, 2.75) is 25.3 Å². The van der Waals surface area contributed by atoms with Crippen LogP contribution in [0, 0.1) is 17.2 Å². The zero-order valence-electron chi connectivity index (χ0n) is 10.7. The molecule has 2 unspecified atom stereocenters. The molecule has 19 heavy (non-hydrogen) atoms. The van der Waals surface area contributed by atoms with Gasteiger partial charge in [-0.1, -0.05) is 6.42 Å². The number of hydrogen-bond acceptors (Lipinski definition) is 3. The van der Waals surface area contributed by atoms with Crippen LogP contribution in [-0.4, -0.2) is 18.6 Å². The summed E-state index contributed by atoms with van der Waals surface area (Å²) in [5.41, 5.74) is 6.94. The first kappa shape index (κ1) is 13.4. The Labute approximate surface area is 112 Å². The van der Waals surface area contributed by atoms with Crippen LogP contribution in [0.25, 0.3) is 0 Å². The number of anilines is 1. The summed E-state index contributed by atoms with van der Waals surface area (Å²) in [6.45, 7) is 0.613. The van der Waals surface area contributed by atoms with Crippen LogP contribution in [0.3, 0.4) is 0 Å². The third kappa shape index (κ3) is 3.46. The fourth-order valence-corrected chi connectivity index (χ4v) is 2.47. The number of nitrogens with zero attached hydrogens (tertiary/aromatic N) is 1. The minimum atomic E-state index is -0.213. The molecule has 0 spiro atoms. The van der Waals surface area contributed by atoms with Gasteiger partial charge in [0.2, 0.25) is 0 Å². The lowest BCUT2D eigenvalue weighted by atomic mass is 10.0. The third-order valence-electron chi connectivity index (χ3n) is 3.55. The Morgan fingerprint density at radius 1 is 1.37 bits per heavy atom. The molecule has 5 nitrogen and oxygen atoms in total. The normalized spacial score (nSPS) is 21.7. The topological polar surface area (TPSA) is 90.9 Å². The highest BCUT2D eigenvalue weighted by Crippen LogP contribution is 2.24. The van der Waals surface area contributed by atoms with Crippen molar-refractivity contribution in [1.82, 2.24) is 5.32 Å². The van der Waals surface area contributed by atoms with Crippen molar-refractivity contribution in [2.75, 3.05) is 11.9 Å². The SMILES string of the molecule is N#Cc1ccc(NC(=O)NC2CCCC2CN)cc1. The standard InChI is InChI=1S/C14H18N4O/c15-8-10-4-6-12(7-5-10)17-14(19)18-13-3-1-2-11(13)9-16/h4-7,11,13H,1-3,9,16H2,(H2,17,18,19). The van der Waals surface area contributed by atoms with Crippen molar-refractivity contribution in [3.63, 3.8) is 0 Å². The molecule has 0 aliphatic heterocycles. The van der Waals surface area contributed by atoms with E-state index in [4.69, 9.17) is 11.0 Å². The molecule has 1 aliphatic carbocycles. The molecule has 5 heteroatoms. The second kappa shape index (κ2) is 6.21. The number of benzene rings is 1. The first-order valence-corrected chi connectivity index (χ1v) is 6.50. The maximum atomic E-state index is 11.9. The molecule has 0 radical (unpaired) electrons. The summed E-state index contributed by atoms with van der Waals surface area (Å²) >= 11 is 0. The van der Waals surface area contributed by atoms with E-state index >= 15 is 0 Å². The maximum absolute atomic E-state index is 11.9. The van der Waals surface area contributed by atoms with Crippen molar-refractivity contribution in [3.05, 3.63) is 29.8 Å². The average Bonchev–Trinajstić information content (AvgIpc) is 2.86.